The van der Waals surface area contributed by atoms with Crippen molar-refractivity contribution in [3.8, 4) is 6.07 Å². The van der Waals surface area contributed by atoms with E-state index in [0.29, 0.717) is 19.6 Å². The Bertz CT molecular complexity index is 994. The number of carbonyl (C=O) groups is 1. The van der Waals surface area contributed by atoms with E-state index in [1.54, 1.807) is 24.1 Å². The summed E-state index contributed by atoms with van der Waals surface area (Å²) < 4.78 is 27.2. The number of amides is 1. The van der Waals surface area contributed by atoms with E-state index in [-0.39, 0.29) is 36.0 Å². The summed E-state index contributed by atoms with van der Waals surface area (Å²) in [5.74, 6) is -0.0000127. The molecule has 0 radical (unpaired) electrons. The molecule has 1 fully saturated rings. The highest BCUT2D eigenvalue weighted by Gasteiger charge is 2.30. The fourth-order valence-corrected chi connectivity index (χ4v) is 4.87. The van der Waals surface area contributed by atoms with Gasteiger partial charge in [0.1, 0.15) is 6.07 Å². The Morgan fingerprint density at radius 3 is 2.31 bits per heavy atom. The maximum Gasteiger partial charge on any atom is 0.244 e. The summed E-state index contributed by atoms with van der Waals surface area (Å²) in [5.41, 5.74) is 1.21. The Morgan fingerprint density at radius 2 is 1.66 bits per heavy atom. The van der Waals surface area contributed by atoms with Crippen molar-refractivity contribution < 1.29 is 13.2 Å². The molecular formula is C21H24N4O3S. The Morgan fingerprint density at radius 1 is 1.03 bits per heavy atom. The van der Waals surface area contributed by atoms with Crippen LogP contribution < -0.4 is 0 Å². The fourth-order valence-electron chi connectivity index (χ4n) is 3.31. The molecule has 0 saturated carbocycles. The second-order valence-electron chi connectivity index (χ2n) is 7.02. The van der Waals surface area contributed by atoms with Gasteiger partial charge in [-0.25, -0.2) is 8.42 Å². The average Bonchev–Trinajstić information content (AvgIpc) is 2.74. The van der Waals surface area contributed by atoms with Crippen LogP contribution in [0, 0.1) is 11.3 Å². The summed E-state index contributed by atoms with van der Waals surface area (Å²) in [4.78, 5) is 16.2. The minimum atomic E-state index is -3.72. The van der Waals surface area contributed by atoms with Crippen LogP contribution in [0.25, 0.3) is 0 Å². The Hall–Kier alpha value is -2.73. The van der Waals surface area contributed by atoms with Crippen LogP contribution in [0.1, 0.15) is 11.1 Å². The number of hydrogen-bond acceptors (Lipinski definition) is 5. The lowest BCUT2D eigenvalue weighted by molar-refractivity contribution is -0.131. The first-order valence-corrected chi connectivity index (χ1v) is 10.9. The van der Waals surface area contributed by atoms with Crippen molar-refractivity contribution in [1.29, 1.82) is 5.26 Å². The second kappa shape index (κ2) is 9.18. The maximum atomic E-state index is 12.9. The van der Waals surface area contributed by atoms with Gasteiger partial charge in [-0.15, -0.1) is 0 Å². The molecule has 0 N–H and O–H groups in total. The second-order valence-corrected chi connectivity index (χ2v) is 8.93. The molecule has 1 aliphatic heterocycles. The largest absolute Gasteiger partial charge is 0.340 e. The van der Waals surface area contributed by atoms with Gasteiger partial charge in [-0.1, -0.05) is 42.5 Å². The standard InChI is InChI=1S/C21H24N4O3S/c1-23(16-18-7-3-2-4-8-18)21(26)17-24-11-13-25(14-12-24)29(27,28)20-10-6-5-9-19(20)15-22/h2-10H,11-14,16-17H2,1H3. The molecule has 1 aliphatic rings. The molecular weight excluding hydrogens is 388 g/mol. The predicted molar refractivity (Wildman–Crippen MR) is 109 cm³/mol. The highest BCUT2D eigenvalue weighted by atomic mass is 32.2. The average molecular weight is 413 g/mol. The molecule has 0 bridgehead atoms. The van der Waals surface area contributed by atoms with Crippen LogP contribution in [0.2, 0.25) is 0 Å². The minimum absolute atomic E-state index is 0.0000127. The van der Waals surface area contributed by atoms with Gasteiger partial charge in [0.25, 0.3) is 0 Å². The van der Waals surface area contributed by atoms with E-state index in [1.807, 2.05) is 41.3 Å². The normalized spacial score (nSPS) is 15.6. The summed E-state index contributed by atoms with van der Waals surface area (Å²) in [6.45, 7) is 2.32. The molecule has 2 aromatic carbocycles. The van der Waals surface area contributed by atoms with Crippen molar-refractivity contribution >= 4 is 15.9 Å². The van der Waals surface area contributed by atoms with Crippen LogP contribution in [-0.4, -0.2) is 68.2 Å². The van der Waals surface area contributed by atoms with Crippen LogP contribution in [-0.2, 0) is 21.4 Å². The lowest BCUT2D eigenvalue weighted by Crippen LogP contribution is -2.51. The topological polar surface area (TPSA) is 84.7 Å². The Labute approximate surface area is 171 Å². The third kappa shape index (κ3) is 5.01. The van der Waals surface area contributed by atoms with Crippen molar-refractivity contribution in [1.82, 2.24) is 14.1 Å². The summed E-state index contributed by atoms with van der Waals surface area (Å²) >= 11 is 0. The highest BCUT2D eigenvalue weighted by molar-refractivity contribution is 7.89. The molecule has 1 amide bonds. The van der Waals surface area contributed by atoms with E-state index in [9.17, 15) is 18.5 Å². The van der Waals surface area contributed by atoms with Gasteiger partial charge < -0.3 is 4.90 Å². The number of likely N-dealkylation sites (N-methyl/N-ethyl adjacent to an activating group) is 1. The Balaban J connectivity index is 1.56. The van der Waals surface area contributed by atoms with E-state index in [4.69, 9.17) is 0 Å². The number of carbonyl (C=O) groups excluding carboxylic acids is 1. The van der Waals surface area contributed by atoms with Gasteiger partial charge in [-0.05, 0) is 17.7 Å². The van der Waals surface area contributed by atoms with Crippen molar-refractivity contribution in [3.63, 3.8) is 0 Å². The summed E-state index contributed by atoms with van der Waals surface area (Å²) in [6.07, 6.45) is 0. The van der Waals surface area contributed by atoms with E-state index >= 15 is 0 Å². The zero-order valence-electron chi connectivity index (χ0n) is 16.4. The first-order chi connectivity index (χ1) is 13.9. The van der Waals surface area contributed by atoms with E-state index < -0.39 is 10.0 Å². The molecule has 0 unspecified atom stereocenters. The van der Waals surface area contributed by atoms with Gasteiger partial charge in [0, 0.05) is 39.8 Å². The lowest BCUT2D eigenvalue weighted by atomic mass is 10.2. The minimum Gasteiger partial charge on any atom is -0.340 e. The predicted octanol–water partition coefficient (Wildman–Crippen LogP) is 1.52. The zero-order chi connectivity index (χ0) is 20.9. The van der Waals surface area contributed by atoms with Crippen LogP contribution in [0.4, 0.5) is 0 Å². The van der Waals surface area contributed by atoms with Crippen LogP contribution in [0.3, 0.4) is 0 Å². The number of benzene rings is 2. The van der Waals surface area contributed by atoms with Gasteiger partial charge in [-0.2, -0.15) is 9.57 Å². The molecule has 7 nitrogen and oxygen atoms in total. The monoisotopic (exact) mass is 412 g/mol. The first kappa shape index (κ1) is 21.0. The van der Waals surface area contributed by atoms with Crippen LogP contribution in [0.15, 0.2) is 59.5 Å². The van der Waals surface area contributed by atoms with Crippen molar-refractivity contribution in [2.75, 3.05) is 39.8 Å². The van der Waals surface area contributed by atoms with Gasteiger partial charge in [-0.3, -0.25) is 9.69 Å². The Kier molecular flexibility index (Phi) is 6.64. The molecule has 1 saturated heterocycles. The third-order valence-corrected chi connectivity index (χ3v) is 6.96. The molecule has 1 heterocycles. The molecule has 0 atom stereocenters. The van der Waals surface area contributed by atoms with E-state index in [0.717, 1.165) is 5.56 Å². The van der Waals surface area contributed by atoms with E-state index in [2.05, 4.69) is 0 Å². The summed E-state index contributed by atoms with van der Waals surface area (Å²) in [6, 6.07) is 17.9. The highest BCUT2D eigenvalue weighted by Crippen LogP contribution is 2.21. The van der Waals surface area contributed by atoms with Crippen molar-refractivity contribution in [2.24, 2.45) is 0 Å². The first-order valence-electron chi connectivity index (χ1n) is 9.41. The molecule has 0 aliphatic carbocycles. The van der Waals surface area contributed by atoms with Crippen LogP contribution >= 0.6 is 0 Å². The summed E-state index contributed by atoms with van der Waals surface area (Å²) in [7, 11) is -1.95. The van der Waals surface area contributed by atoms with Gasteiger partial charge in [0.15, 0.2) is 0 Å². The molecule has 0 spiro atoms. The number of nitrogens with zero attached hydrogens (tertiary/aromatic N) is 4. The van der Waals surface area contributed by atoms with E-state index in [1.165, 1.54) is 16.4 Å². The smallest absolute Gasteiger partial charge is 0.244 e. The number of piperazine rings is 1. The molecule has 152 valence electrons. The molecule has 2 aromatic rings. The van der Waals surface area contributed by atoms with Gasteiger partial charge >= 0.3 is 0 Å². The fraction of sp³-hybridized carbons (Fsp3) is 0.333. The molecule has 3 rings (SSSR count). The van der Waals surface area contributed by atoms with Gasteiger partial charge in [0.05, 0.1) is 17.0 Å². The van der Waals surface area contributed by atoms with Crippen LogP contribution in [0.5, 0.6) is 0 Å². The maximum absolute atomic E-state index is 12.9. The van der Waals surface area contributed by atoms with Crippen molar-refractivity contribution in [3.05, 3.63) is 65.7 Å². The number of hydrogen-bond donors (Lipinski definition) is 0. The lowest BCUT2D eigenvalue weighted by Gasteiger charge is -2.34. The van der Waals surface area contributed by atoms with Gasteiger partial charge in [0.2, 0.25) is 15.9 Å². The molecule has 0 aromatic heterocycles. The number of sulfonamides is 1. The molecule has 29 heavy (non-hydrogen) atoms. The summed E-state index contributed by atoms with van der Waals surface area (Å²) in [5, 5.41) is 9.20. The van der Waals surface area contributed by atoms with Crippen molar-refractivity contribution in [2.45, 2.75) is 11.4 Å². The SMILES string of the molecule is CN(Cc1ccccc1)C(=O)CN1CCN(S(=O)(=O)c2ccccc2C#N)CC1. The quantitative estimate of drug-likeness (QED) is 0.718. The zero-order valence-corrected chi connectivity index (χ0v) is 17.2. The number of rotatable bonds is 6. The molecule has 8 heteroatoms. The number of nitriles is 1. The third-order valence-electron chi connectivity index (χ3n) is 5.00.